The maximum absolute atomic E-state index is 13.6. The molecule has 10 heteroatoms. The van der Waals surface area contributed by atoms with E-state index < -0.39 is 0 Å². The van der Waals surface area contributed by atoms with Crippen molar-refractivity contribution in [2.45, 2.75) is 26.4 Å². The second-order valence-electron chi connectivity index (χ2n) is 7.21. The topological polar surface area (TPSA) is 111 Å². The van der Waals surface area contributed by atoms with E-state index >= 15 is 0 Å². The fraction of sp³-hybridized carbons (Fsp3) is 0.182. The molecule has 32 heavy (non-hydrogen) atoms. The summed E-state index contributed by atoms with van der Waals surface area (Å²) in [6.07, 6.45) is 4.83. The molecule has 0 aromatic carbocycles. The van der Waals surface area contributed by atoms with Crippen molar-refractivity contribution in [2.75, 3.05) is 5.73 Å². The molecule has 4 heterocycles. The number of carbonyl (C=O) groups excluding carboxylic acids is 1. The Kier molecular flexibility index (Phi) is 6.43. The number of aromatic nitrogens is 5. The van der Waals surface area contributed by atoms with E-state index in [1.54, 1.807) is 35.5 Å². The molecule has 0 unspecified atom stereocenters. The molecule has 0 aliphatic rings. The zero-order valence-corrected chi connectivity index (χ0v) is 20.5. The summed E-state index contributed by atoms with van der Waals surface area (Å²) in [4.78, 5) is 37.2. The molecule has 0 aliphatic heterocycles. The number of nitrogen functional groups attached to an aromatic ring is 1. The molecular formula is C22H19Br2N7O. The van der Waals surface area contributed by atoms with Crippen LogP contribution in [0, 0.1) is 6.92 Å². The molecule has 0 radical (unpaired) electrons. The summed E-state index contributed by atoms with van der Waals surface area (Å²) in [6.45, 7) is 4.09. The van der Waals surface area contributed by atoms with Gasteiger partial charge in [-0.1, -0.05) is 0 Å². The van der Waals surface area contributed by atoms with Crippen molar-refractivity contribution in [1.82, 2.24) is 29.8 Å². The van der Waals surface area contributed by atoms with Gasteiger partial charge in [0, 0.05) is 28.4 Å². The highest BCUT2D eigenvalue weighted by Gasteiger charge is 2.26. The van der Waals surface area contributed by atoms with Gasteiger partial charge in [-0.2, -0.15) is 0 Å². The number of pyridine rings is 3. The molecule has 4 rings (SSSR count). The lowest BCUT2D eigenvalue weighted by atomic mass is 10.1. The van der Waals surface area contributed by atoms with E-state index in [2.05, 4.69) is 56.8 Å². The number of nitrogens with zero attached hydrogens (tertiary/aromatic N) is 6. The molecule has 0 spiro atoms. The fourth-order valence-corrected chi connectivity index (χ4v) is 3.80. The Morgan fingerprint density at radius 2 is 1.84 bits per heavy atom. The van der Waals surface area contributed by atoms with Crippen LogP contribution in [0.2, 0.25) is 0 Å². The van der Waals surface area contributed by atoms with Crippen LogP contribution in [-0.4, -0.2) is 35.7 Å². The van der Waals surface area contributed by atoms with Gasteiger partial charge in [-0.3, -0.25) is 9.78 Å². The third-order valence-electron chi connectivity index (χ3n) is 4.99. The maximum atomic E-state index is 13.6. The zero-order chi connectivity index (χ0) is 22.8. The Morgan fingerprint density at radius 3 is 2.56 bits per heavy atom. The van der Waals surface area contributed by atoms with Gasteiger partial charge in [0.15, 0.2) is 5.65 Å². The lowest BCUT2D eigenvalue weighted by molar-refractivity contribution is 0.0663. The van der Waals surface area contributed by atoms with Crippen LogP contribution < -0.4 is 5.73 Å². The Hall–Kier alpha value is -2.98. The van der Waals surface area contributed by atoms with Gasteiger partial charge >= 0.3 is 0 Å². The molecule has 4 aromatic rings. The highest BCUT2D eigenvalue weighted by Crippen LogP contribution is 2.26. The SMILES string of the molecule is Cc1nc(CN(C(=O)c2cnc3nc(N)c(Br)cc3c2)[C@H](C)c2ncccn2)ccc1Br. The first kappa shape index (κ1) is 22.2. The number of anilines is 1. The maximum Gasteiger partial charge on any atom is 0.256 e. The van der Waals surface area contributed by atoms with E-state index in [1.165, 1.54) is 6.20 Å². The number of amides is 1. The molecule has 0 saturated heterocycles. The van der Waals surface area contributed by atoms with Crippen LogP contribution in [0.5, 0.6) is 0 Å². The number of rotatable bonds is 5. The average Bonchev–Trinajstić information content (AvgIpc) is 2.80. The molecule has 162 valence electrons. The van der Waals surface area contributed by atoms with Gasteiger partial charge in [-0.05, 0) is 76.0 Å². The summed E-state index contributed by atoms with van der Waals surface area (Å²) in [6, 6.07) is 8.73. The minimum absolute atomic E-state index is 0.213. The van der Waals surface area contributed by atoms with Crippen LogP contribution in [0.25, 0.3) is 11.0 Å². The Bertz CT molecular complexity index is 1300. The van der Waals surface area contributed by atoms with Crippen molar-refractivity contribution in [2.24, 2.45) is 0 Å². The number of carbonyl (C=O) groups is 1. The van der Waals surface area contributed by atoms with Crippen LogP contribution in [0.15, 0.2) is 57.9 Å². The van der Waals surface area contributed by atoms with Gasteiger partial charge in [-0.15, -0.1) is 0 Å². The van der Waals surface area contributed by atoms with Gasteiger partial charge in [0.05, 0.1) is 34.0 Å². The first-order valence-corrected chi connectivity index (χ1v) is 11.3. The fourth-order valence-electron chi connectivity index (χ4n) is 3.24. The molecule has 1 atom stereocenters. The number of nitrogens with two attached hydrogens (primary N) is 1. The van der Waals surface area contributed by atoms with E-state index in [4.69, 9.17) is 5.73 Å². The van der Waals surface area contributed by atoms with E-state index in [-0.39, 0.29) is 18.5 Å². The smallest absolute Gasteiger partial charge is 0.256 e. The molecule has 4 aromatic heterocycles. The second-order valence-corrected chi connectivity index (χ2v) is 8.92. The first-order chi connectivity index (χ1) is 15.3. The van der Waals surface area contributed by atoms with E-state index in [0.29, 0.717) is 32.7 Å². The van der Waals surface area contributed by atoms with Gasteiger partial charge in [-0.25, -0.2) is 19.9 Å². The van der Waals surface area contributed by atoms with Gasteiger partial charge < -0.3 is 10.6 Å². The second kappa shape index (κ2) is 9.25. The summed E-state index contributed by atoms with van der Waals surface area (Å²) in [5, 5.41) is 0.707. The highest BCUT2D eigenvalue weighted by atomic mass is 79.9. The number of hydrogen-bond acceptors (Lipinski definition) is 7. The predicted octanol–water partition coefficient (Wildman–Crippen LogP) is 4.63. The van der Waals surface area contributed by atoms with Crippen LogP contribution in [0.4, 0.5) is 5.82 Å². The summed E-state index contributed by atoms with van der Waals surface area (Å²) in [7, 11) is 0. The standard InChI is InChI=1S/C22H19Br2N7O/c1-12-17(23)5-4-16(29-12)11-31(13(2)20-26-6-3-7-27-20)22(32)15-8-14-9-18(24)19(25)30-21(14)28-10-15/h3-10,13H,11H2,1-2H3,(H2,25,28,30)/t13-/m1/s1. The molecule has 0 saturated carbocycles. The van der Waals surface area contributed by atoms with Crippen molar-refractivity contribution >= 4 is 54.6 Å². The summed E-state index contributed by atoms with van der Waals surface area (Å²) >= 11 is 6.85. The Balaban J connectivity index is 1.74. The summed E-state index contributed by atoms with van der Waals surface area (Å²) in [5.74, 6) is 0.674. The molecular weight excluding hydrogens is 538 g/mol. The monoisotopic (exact) mass is 555 g/mol. The van der Waals surface area contributed by atoms with Gasteiger partial charge in [0.25, 0.3) is 5.91 Å². The number of aryl methyl sites for hydroxylation is 1. The van der Waals surface area contributed by atoms with E-state index in [1.807, 2.05) is 26.0 Å². The largest absolute Gasteiger partial charge is 0.383 e. The molecule has 0 bridgehead atoms. The average molecular weight is 557 g/mol. The Morgan fingerprint density at radius 1 is 1.09 bits per heavy atom. The third-order valence-corrected chi connectivity index (χ3v) is 6.47. The molecule has 0 fully saturated rings. The zero-order valence-electron chi connectivity index (χ0n) is 17.3. The van der Waals surface area contributed by atoms with E-state index in [9.17, 15) is 4.79 Å². The minimum Gasteiger partial charge on any atom is -0.383 e. The highest BCUT2D eigenvalue weighted by molar-refractivity contribution is 9.10. The van der Waals surface area contributed by atoms with E-state index in [0.717, 1.165) is 15.9 Å². The number of fused-ring (bicyclic) bond motifs is 1. The van der Waals surface area contributed by atoms with Crippen molar-refractivity contribution in [3.05, 3.63) is 80.6 Å². The van der Waals surface area contributed by atoms with Crippen molar-refractivity contribution < 1.29 is 4.79 Å². The van der Waals surface area contributed by atoms with Gasteiger partial charge in [0.1, 0.15) is 11.6 Å². The lowest BCUT2D eigenvalue weighted by Crippen LogP contribution is -2.34. The van der Waals surface area contributed by atoms with Crippen molar-refractivity contribution in [3.8, 4) is 0 Å². The van der Waals surface area contributed by atoms with Crippen molar-refractivity contribution in [1.29, 1.82) is 0 Å². The number of halogens is 2. The van der Waals surface area contributed by atoms with Crippen LogP contribution in [0.3, 0.4) is 0 Å². The van der Waals surface area contributed by atoms with Crippen LogP contribution >= 0.6 is 31.9 Å². The molecule has 8 nitrogen and oxygen atoms in total. The predicted molar refractivity (Wildman–Crippen MR) is 129 cm³/mol. The quantitative estimate of drug-likeness (QED) is 0.381. The lowest BCUT2D eigenvalue weighted by Gasteiger charge is -2.28. The normalized spacial score (nSPS) is 12.0. The summed E-state index contributed by atoms with van der Waals surface area (Å²) in [5.41, 5.74) is 8.35. The first-order valence-electron chi connectivity index (χ1n) is 9.75. The molecule has 1 amide bonds. The Labute approximate surface area is 201 Å². The van der Waals surface area contributed by atoms with Crippen LogP contribution in [0.1, 0.15) is 40.5 Å². The minimum atomic E-state index is -0.388. The number of hydrogen-bond donors (Lipinski definition) is 1. The molecule has 2 N–H and O–H groups in total. The third kappa shape index (κ3) is 4.61. The van der Waals surface area contributed by atoms with Crippen molar-refractivity contribution in [3.63, 3.8) is 0 Å². The summed E-state index contributed by atoms with van der Waals surface area (Å²) < 4.78 is 1.56. The van der Waals surface area contributed by atoms with Gasteiger partial charge in [0.2, 0.25) is 0 Å². The van der Waals surface area contributed by atoms with Crippen LogP contribution in [-0.2, 0) is 6.54 Å². The molecule has 0 aliphatic carbocycles.